The third-order valence-corrected chi connectivity index (χ3v) is 4.04. The van der Waals surface area contributed by atoms with Crippen LogP contribution < -0.4 is 10.1 Å². The molecular weight excluding hydrogens is 283 g/mol. The standard InChI is InChI=1S/C17H17FN2O2/c1-22-15-7-2-12(10-19-15)11-20-16(21)17(8-9-17)13-3-5-14(18)6-4-13/h2-7,10H,8-9,11H2,1H3,(H,20,21). The van der Waals surface area contributed by atoms with Crippen molar-refractivity contribution in [3.8, 4) is 5.88 Å². The molecule has 1 saturated carbocycles. The molecule has 0 atom stereocenters. The van der Waals surface area contributed by atoms with E-state index in [1.807, 2.05) is 6.07 Å². The summed E-state index contributed by atoms with van der Waals surface area (Å²) in [5.41, 5.74) is 1.29. The maximum atomic E-state index is 13.0. The molecule has 1 heterocycles. The lowest BCUT2D eigenvalue weighted by Gasteiger charge is -2.16. The van der Waals surface area contributed by atoms with Crippen molar-refractivity contribution in [2.24, 2.45) is 0 Å². The molecule has 0 aliphatic heterocycles. The molecule has 1 fully saturated rings. The van der Waals surface area contributed by atoms with Crippen molar-refractivity contribution in [1.82, 2.24) is 10.3 Å². The SMILES string of the molecule is COc1ccc(CNC(=O)C2(c3ccc(F)cc3)CC2)cn1. The lowest BCUT2D eigenvalue weighted by molar-refractivity contribution is -0.123. The third kappa shape index (κ3) is 2.79. The first kappa shape index (κ1) is 14.5. The highest BCUT2D eigenvalue weighted by molar-refractivity contribution is 5.91. The second kappa shape index (κ2) is 5.75. The van der Waals surface area contributed by atoms with Gasteiger partial charge in [0.15, 0.2) is 0 Å². The van der Waals surface area contributed by atoms with Crippen molar-refractivity contribution >= 4 is 5.91 Å². The molecule has 1 amide bonds. The Hall–Kier alpha value is -2.43. The Labute approximate surface area is 128 Å². The molecule has 1 aromatic carbocycles. The average Bonchev–Trinajstić information content (AvgIpc) is 3.35. The summed E-state index contributed by atoms with van der Waals surface area (Å²) in [5, 5.41) is 2.94. The Morgan fingerprint density at radius 2 is 2.00 bits per heavy atom. The first-order valence-corrected chi connectivity index (χ1v) is 7.17. The van der Waals surface area contributed by atoms with Crippen LogP contribution >= 0.6 is 0 Å². The van der Waals surface area contributed by atoms with Crippen LogP contribution in [0.15, 0.2) is 42.6 Å². The number of ether oxygens (including phenoxy) is 1. The van der Waals surface area contributed by atoms with Crippen LogP contribution in [0.25, 0.3) is 0 Å². The summed E-state index contributed by atoms with van der Waals surface area (Å²) in [7, 11) is 1.56. The van der Waals surface area contributed by atoms with Crippen molar-refractivity contribution in [3.63, 3.8) is 0 Å². The number of benzene rings is 1. The lowest BCUT2D eigenvalue weighted by atomic mass is 9.95. The average molecular weight is 300 g/mol. The van der Waals surface area contributed by atoms with E-state index in [2.05, 4.69) is 10.3 Å². The number of nitrogens with one attached hydrogen (secondary N) is 1. The number of amides is 1. The smallest absolute Gasteiger partial charge is 0.230 e. The summed E-state index contributed by atoms with van der Waals surface area (Å²) in [6.07, 6.45) is 3.27. The molecular formula is C17H17FN2O2. The highest BCUT2D eigenvalue weighted by Crippen LogP contribution is 2.48. The Bertz CT molecular complexity index is 664. The van der Waals surface area contributed by atoms with Crippen molar-refractivity contribution in [1.29, 1.82) is 0 Å². The largest absolute Gasteiger partial charge is 0.481 e. The van der Waals surface area contributed by atoms with Crippen molar-refractivity contribution in [3.05, 3.63) is 59.5 Å². The number of methoxy groups -OCH3 is 1. The number of carbonyl (C=O) groups is 1. The molecule has 5 heteroatoms. The molecule has 0 radical (unpaired) electrons. The zero-order valence-corrected chi connectivity index (χ0v) is 12.3. The van der Waals surface area contributed by atoms with Gasteiger partial charge >= 0.3 is 0 Å². The predicted octanol–water partition coefficient (Wildman–Crippen LogP) is 2.58. The fraction of sp³-hybridized carbons (Fsp3) is 0.294. The molecule has 3 rings (SSSR count). The number of hydrogen-bond acceptors (Lipinski definition) is 3. The van der Waals surface area contributed by atoms with Gasteiger partial charge < -0.3 is 10.1 Å². The Morgan fingerprint density at radius 1 is 1.27 bits per heavy atom. The van der Waals surface area contributed by atoms with E-state index in [4.69, 9.17) is 4.74 Å². The first-order valence-electron chi connectivity index (χ1n) is 7.17. The zero-order valence-electron chi connectivity index (χ0n) is 12.3. The fourth-order valence-corrected chi connectivity index (χ4v) is 2.53. The van der Waals surface area contributed by atoms with Gasteiger partial charge in [-0.15, -0.1) is 0 Å². The van der Waals surface area contributed by atoms with Gasteiger partial charge in [-0.3, -0.25) is 4.79 Å². The minimum absolute atomic E-state index is 0.0186. The third-order valence-electron chi connectivity index (χ3n) is 4.04. The van der Waals surface area contributed by atoms with E-state index in [1.54, 1.807) is 31.5 Å². The Balaban J connectivity index is 1.65. The maximum Gasteiger partial charge on any atom is 0.230 e. The van der Waals surface area contributed by atoms with Crippen molar-refractivity contribution in [2.75, 3.05) is 7.11 Å². The minimum Gasteiger partial charge on any atom is -0.481 e. The van der Waals surface area contributed by atoms with E-state index in [9.17, 15) is 9.18 Å². The van der Waals surface area contributed by atoms with E-state index in [-0.39, 0.29) is 11.7 Å². The molecule has 1 N–H and O–H groups in total. The summed E-state index contributed by atoms with van der Waals surface area (Å²) >= 11 is 0. The topological polar surface area (TPSA) is 51.2 Å². The van der Waals surface area contributed by atoms with Gasteiger partial charge in [0.2, 0.25) is 11.8 Å². The van der Waals surface area contributed by atoms with Crippen molar-refractivity contribution < 1.29 is 13.9 Å². The molecule has 4 nitrogen and oxygen atoms in total. The van der Waals surface area contributed by atoms with Gasteiger partial charge in [-0.2, -0.15) is 0 Å². The van der Waals surface area contributed by atoms with Crippen LogP contribution in [-0.2, 0) is 16.8 Å². The van der Waals surface area contributed by atoms with Gasteiger partial charge in [0.1, 0.15) is 5.82 Å². The van der Waals surface area contributed by atoms with Gasteiger partial charge in [-0.05, 0) is 36.1 Å². The maximum absolute atomic E-state index is 13.0. The molecule has 0 spiro atoms. The molecule has 0 saturated heterocycles. The number of halogens is 1. The summed E-state index contributed by atoms with van der Waals surface area (Å²) in [6.45, 7) is 0.415. The molecule has 1 aromatic heterocycles. The molecule has 1 aliphatic carbocycles. The summed E-state index contributed by atoms with van der Waals surface area (Å²) in [6, 6.07) is 9.80. The number of pyridine rings is 1. The molecule has 114 valence electrons. The van der Waals surface area contributed by atoms with E-state index in [0.29, 0.717) is 12.4 Å². The highest BCUT2D eigenvalue weighted by Gasteiger charge is 2.51. The van der Waals surface area contributed by atoms with E-state index in [1.165, 1.54) is 12.1 Å². The molecule has 0 bridgehead atoms. The molecule has 0 unspecified atom stereocenters. The molecule has 2 aromatic rings. The zero-order chi connectivity index (χ0) is 15.6. The number of rotatable bonds is 5. The molecule has 22 heavy (non-hydrogen) atoms. The van der Waals surface area contributed by atoms with E-state index < -0.39 is 5.41 Å². The van der Waals surface area contributed by atoms with Crippen LogP contribution in [0.2, 0.25) is 0 Å². The predicted molar refractivity (Wildman–Crippen MR) is 79.9 cm³/mol. The van der Waals surface area contributed by atoms with E-state index >= 15 is 0 Å². The second-order valence-corrected chi connectivity index (χ2v) is 5.48. The number of nitrogens with zero attached hydrogens (tertiary/aromatic N) is 1. The highest BCUT2D eigenvalue weighted by atomic mass is 19.1. The van der Waals surface area contributed by atoms with Crippen LogP contribution in [0.5, 0.6) is 5.88 Å². The number of hydrogen-bond donors (Lipinski definition) is 1. The second-order valence-electron chi connectivity index (χ2n) is 5.48. The van der Waals surface area contributed by atoms with Crippen molar-refractivity contribution in [2.45, 2.75) is 24.8 Å². The van der Waals surface area contributed by atoms with Crippen LogP contribution in [0.3, 0.4) is 0 Å². The summed E-state index contributed by atoms with van der Waals surface area (Å²) < 4.78 is 18.0. The van der Waals surface area contributed by atoms with Gasteiger partial charge in [0.25, 0.3) is 0 Å². The lowest BCUT2D eigenvalue weighted by Crippen LogP contribution is -2.34. The van der Waals surface area contributed by atoms with Crippen LogP contribution in [0.4, 0.5) is 4.39 Å². The van der Waals surface area contributed by atoms with E-state index in [0.717, 1.165) is 24.0 Å². The fourth-order valence-electron chi connectivity index (χ4n) is 2.53. The van der Waals surface area contributed by atoms with Crippen LogP contribution in [0, 0.1) is 5.82 Å². The number of carbonyl (C=O) groups excluding carboxylic acids is 1. The summed E-state index contributed by atoms with van der Waals surface area (Å²) in [4.78, 5) is 16.6. The van der Waals surface area contributed by atoms with Crippen LogP contribution in [0.1, 0.15) is 24.0 Å². The Kier molecular flexibility index (Phi) is 3.79. The Morgan fingerprint density at radius 3 is 2.55 bits per heavy atom. The minimum atomic E-state index is -0.492. The summed E-state index contributed by atoms with van der Waals surface area (Å²) in [5.74, 6) is 0.235. The monoisotopic (exact) mass is 300 g/mol. The quantitative estimate of drug-likeness (QED) is 0.923. The van der Waals surface area contributed by atoms with Gasteiger partial charge in [0.05, 0.1) is 12.5 Å². The molecule has 1 aliphatic rings. The van der Waals surface area contributed by atoms with Gasteiger partial charge in [-0.1, -0.05) is 18.2 Å². The first-order chi connectivity index (χ1) is 10.6. The van der Waals surface area contributed by atoms with Gasteiger partial charge in [0, 0.05) is 18.8 Å². The van der Waals surface area contributed by atoms with Gasteiger partial charge in [-0.25, -0.2) is 9.37 Å². The number of aromatic nitrogens is 1. The normalized spacial score (nSPS) is 15.2. The van der Waals surface area contributed by atoms with Crippen LogP contribution in [-0.4, -0.2) is 18.0 Å².